The van der Waals surface area contributed by atoms with Gasteiger partial charge in [0.1, 0.15) is 12.2 Å². The average molecular weight is 266 g/mol. The van der Waals surface area contributed by atoms with E-state index in [1.165, 1.54) is 10.6 Å². The van der Waals surface area contributed by atoms with Gasteiger partial charge < -0.3 is 19.3 Å². The maximum atomic E-state index is 12.2. The molecule has 0 aliphatic carbocycles. The molecule has 0 saturated carbocycles. The van der Waals surface area contributed by atoms with Crippen LogP contribution in [0.3, 0.4) is 0 Å². The summed E-state index contributed by atoms with van der Waals surface area (Å²) in [6, 6.07) is 3.11. The van der Waals surface area contributed by atoms with Crippen LogP contribution >= 0.6 is 0 Å². The molecular formula is C13H18N2O4. The van der Waals surface area contributed by atoms with Crippen molar-refractivity contribution >= 4 is 11.9 Å². The molecule has 0 spiro atoms. The lowest BCUT2D eigenvalue weighted by Crippen LogP contribution is -2.49. The smallest absolute Gasteiger partial charge is 0.352 e. The van der Waals surface area contributed by atoms with Crippen LogP contribution in [-0.2, 0) is 16.1 Å². The standard InChI is InChI=1S/C13H18N2O4/c1-9-6-15(7-10(2)19-9)12(16)8-14-5-3-4-11(14)13(17)18/h3-5,9-10H,6-8H2,1-2H3,(H,17,18). The number of aromatic nitrogens is 1. The van der Waals surface area contributed by atoms with E-state index in [9.17, 15) is 9.59 Å². The highest BCUT2D eigenvalue weighted by molar-refractivity contribution is 5.86. The summed E-state index contributed by atoms with van der Waals surface area (Å²) in [7, 11) is 0. The molecule has 2 heterocycles. The van der Waals surface area contributed by atoms with Gasteiger partial charge in [-0.1, -0.05) is 0 Å². The number of hydrogen-bond acceptors (Lipinski definition) is 3. The lowest BCUT2D eigenvalue weighted by Gasteiger charge is -2.35. The van der Waals surface area contributed by atoms with E-state index < -0.39 is 5.97 Å². The van der Waals surface area contributed by atoms with Crippen LogP contribution in [0.5, 0.6) is 0 Å². The lowest BCUT2D eigenvalue weighted by atomic mass is 10.2. The number of carboxylic acids is 1. The fraction of sp³-hybridized carbons (Fsp3) is 0.538. The first-order valence-electron chi connectivity index (χ1n) is 6.29. The Balaban J connectivity index is 2.04. The number of ether oxygens (including phenoxy) is 1. The van der Waals surface area contributed by atoms with Crippen LogP contribution in [0.25, 0.3) is 0 Å². The van der Waals surface area contributed by atoms with Gasteiger partial charge in [-0.05, 0) is 26.0 Å². The fourth-order valence-electron chi connectivity index (χ4n) is 2.37. The molecular weight excluding hydrogens is 248 g/mol. The number of hydrogen-bond donors (Lipinski definition) is 1. The zero-order valence-electron chi connectivity index (χ0n) is 11.1. The Labute approximate surface area is 111 Å². The van der Waals surface area contributed by atoms with Crippen molar-refractivity contribution in [3.8, 4) is 0 Å². The Kier molecular flexibility index (Phi) is 3.90. The molecule has 1 saturated heterocycles. The van der Waals surface area contributed by atoms with Gasteiger partial charge in [0, 0.05) is 19.3 Å². The zero-order valence-corrected chi connectivity index (χ0v) is 11.1. The fourth-order valence-corrected chi connectivity index (χ4v) is 2.37. The number of aromatic carboxylic acids is 1. The summed E-state index contributed by atoms with van der Waals surface area (Å²) in [6.45, 7) is 5.00. The van der Waals surface area contributed by atoms with Gasteiger partial charge in [-0.25, -0.2) is 4.79 Å². The molecule has 1 aliphatic heterocycles. The average Bonchev–Trinajstić information content (AvgIpc) is 2.75. The zero-order chi connectivity index (χ0) is 14.0. The molecule has 2 atom stereocenters. The highest BCUT2D eigenvalue weighted by atomic mass is 16.5. The van der Waals surface area contributed by atoms with Crippen LogP contribution in [-0.4, -0.2) is 51.7 Å². The summed E-state index contributed by atoms with van der Waals surface area (Å²) >= 11 is 0. The van der Waals surface area contributed by atoms with Crippen molar-refractivity contribution in [1.29, 1.82) is 0 Å². The van der Waals surface area contributed by atoms with Gasteiger partial charge in [-0.15, -0.1) is 0 Å². The predicted molar refractivity (Wildman–Crippen MR) is 68.0 cm³/mol. The molecule has 1 aromatic heterocycles. The van der Waals surface area contributed by atoms with Crippen LogP contribution in [0.2, 0.25) is 0 Å². The van der Waals surface area contributed by atoms with Crippen LogP contribution in [0.15, 0.2) is 18.3 Å². The molecule has 19 heavy (non-hydrogen) atoms. The van der Waals surface area contributed by atoms with E-state index in [2.05, 4.69) is 0 Å². The maximum absolute atomic E-state index is 12.2. The molecule has 2 unspecified atom stereocenters. The van der Waals surface area contributed by atoms with Gasteiger partial charge in [0.2, 0.25) is 5.91 Å². The molecule has 2 rings (SSSR count). The van der Waals surface area contributed by atoms with Crippen LogP contribution in [0.1, 0.15) is 24.3 Å². The van der Waals surface area contributed by atoms with E-state index in [0.29, 0.717) is 13.1 Å². The molecule has 0 bridgehead atoms. The van der Waals surface area contributed by atoms with Gasteiger partial charge in [-0.2, -0.15) is 0 Å². The summed E-state index contributed by atoms with van der Waals surface area (Å²) in [4.78, 5) is 24.9. The molecule has 6 heteroatoms. The first-order valence-corrected chi connectivity index (χ1v) is 6.29. The van der Waals surface area contributed by atoms with Crippen molar-refractivity contribution < 1.29 is 19.4 Å². The first-order chi connectivity index (χ1) is 8.97. The number of rotatable bonds is 3. The Hall–Kier alpha value is -1.82. The van der Waals surface area contributed by atoms with Crippen LogP contribution in [0, 0.1) is 0 Å². The minimum Gasteiger partial charge on any atom is -0.477 e. The highest BCUT2D eigenvalue weighted by Crippen LogP contribution is 2.12. The van der Waals surface area contributed by atoms with Crippen LogP contribution < -0.4 is 0 Å². The quantitative estimate of drug-likeness (QED) is 0.879. The number of amides is 1. The number of carbonyl (C=O) groups excluding carboxylic acids is 1. The molecule has 1 amide bonds. The van der Waals surface area contributed by atoms with Gasteiger partial charge >= 0.3 is 5.97 Å². The minimum absolute atomic E-state index is 0.0105. The van der Waals surface area contributed by atoms with Crippen molar-refractivity contribution in [2.75, 3.05) is 13.1 Å². The molecule has 1 aliphatic rings. The Morgan fingerprint density at radius 1 is 1.37 bits per heavy atom. The third-order valence-electron chi connectivity index (χ3n) is 3.13. The highest BCUT2D eigenvalue weighted by Gasteiger charge is 2.26. The largest absolute Gasteiger partial charge is 0.477 e. The van der Waals surface area contributed by atoms with Crippen molar-refractivity contribution in [1.82, 2.24) is 9.47 Å². The topological polar surface area (TPSA) is 71.8 Å². The monoisotopic (exact) mass is 266 g/mol. The summed E-state index contributed by atoms with van der Waals surface area (Å²) in [6.07, 6.45) is 1.63. The van der Waals surface area contributed by atoms with E-state index >= 15 is 0 Å². The second-order valence-electron chi connectivity index (χ2n) is 4.88. The van der Waals surface area contributed by atoms with Crippen molar-refractivity contribution in [3.63, 3.8) is 0 Å². The Morgan fingerprint density at radius 3 is 2.58 bits per heavy atom. The van der Waals surface area contributed by atoms with Crippen molar-refractivity contribution in [3.05, 3.63) is 24.0 Å². The summed E-state index contributed by atoms with van der Waals surface area (Å²) in [5.41, 5.74) is 0.128. The second-order valence-corrected chi connectivity index (χ2v) is 4.88. The van der Waals surface area contributed by atoms with Gasteiger partial charge in [-0.3, -0.25) is 4.79 Å². The minimum atomic E-state index is -1.03. The Bertz CT molecular complexity index is 473. The van der Waals surface area contributed by atoms with Crippen molar-refractivity contribution in [2.45, 2.75) is 32.6 Å². The molecule has 0 aromatic carbocycles. The predicted octanol–water partition coefficient (Wildman–Crippen LogP) is 0.822. The summed E-state index contributed by atoms with van der Waals surface area (Å²) in [5.74, 6) is -1.11. The molecule has 1 N–H and O–H groups in total. The first kappa shape index (κ1) is 13.6. The molecule has 1 fully saturated rings. The SMILES string of the molecule is CC1CN(C(=O)Cn2cccc2C(=O)O)CC(C)O1. The summed E-state index contributed by atoms with van der Waals surface area (Å²) < 4.78 is 7.02. The molecule has 104 valence electrons. The molecule has 0 radical (unpaired) electrons. The maximum Gasteiger partial charge on any atom is 0.352 e. The summed E-state index contributed by atoms with van der Waals surface area (Å²) in [5, 5.41) is 9.00. The van der Waals surface area contributed by atoms with Gasteiger partial charge in [0.15, 0.2) is 0 Å². The van der Waals surface area contributed by atoms with E-state index in [1.807, 2.05) is 13.8 Å². The normalized spacial score (nSPS) is 23.4. The van der Waals surface area contributed by atoms with Gasteiger partial charge in [0.05, 0.1) is 12.2 Å². The Morgan fingerprint density at radius 2 is 2.00 bits per heavy atom. The van der Waals surface area contributed by atoms with E-state index in [4.69, 9.17) is 9.84 Å². The molecule has 6 nitrogen and oxygen atoms in total. The number of carboxylic acid groups (broad SMARTS) is 1. The van der Waals surface area contributed by atoms with E-state index in [-0.39, 0.29) is 30.4 Å². The van der Waals surface area contributed by atoms with E-state index in [0.717, 1.165) is 0 Å². The van der Waals surface area contributed by atoms with Crippen LogP contribution in [0.4, 0.5) is 0 Å². The number of morpholine rings is 1. The number of nitrogens with zero attached hydrogens (tertiary/aromatic N) is 2. The van der Waals surface area contributed by atoms with Crippen molar-refractivity contribution in [2.24, 2.45) is 0 Å². The second kappa shape index (κ2) is 5.44. The van der Waals surface area contributed by atoms with Gasteiger partial charge in [0.25, 0.3) is 0 Å². The third-order valence-corrected chi connectivity index (χ3v) is 3.13. The lowest BCUT2D eigenvalue weighted by molar-refractivity contribution is -0.143. The molecule has 1 aromatic rings. The van der Waals surface area contributed by atoms with E-state index in [1.54, 1.807) is 17.2 Å². The number of carbonyl (C=O) groups is 2. The third kappa shape index (κ3) is 3.14.